The molecule has 2 heterocycles. The highest BCUT2D eigenvalue weighted by atomic mass is 127. The number of aryl methyl sites for hydroxylation is 1. The molecule has 0 radical (unpaired) electrons. The van der Waals surface area contributed by atoms with Crippen LogP contribution in [0.2, 0.25) is 0 Å². The van der Waals surface area contributed by atoms with E-state index in [1.165, 1.54) is 4.88 Å². The van der Waals surface area contributed by atoms with Gasteiger partial charge in [0.15, 0.2) is 5.96 Å². The maximum atomic E-state index is 5.46. The highest BCUT2D eigenvalue weighted by Crippen LogP contribution is 2.24. The van der Waals surface area contributed by atoms with E-state index in [-0.39, 0.29) is 24.0 Å². The van der Waals surface area contributed by atoms with Crippen LogP contribution < -0.4 is 15.4 Å². The molecule has 138 valence electrons. The Balaban J connectivity index is 0.00000312. The first-order valence-corrected chi connectivity index (χ1v) is 9.07. The molecule has 0 aliphatic heterocycles. The zero-order chi connectivity index (χ0) is 17.4. The maximum Gasteiger partial charge on any atom is 0.191 e. The highest BCUT2D eigenvalue weighted by molar-refractivity contribution is 14.0. The Kier molecular flexibility index (Phi) is 9.81. The lowest BCUT2D eigenvalue weighted by Gasteiger charge is -2.13. The van der Waals surface area contributed by atoms with Gasteiger partial charge in [-0.3, -0.25) is 4.98 Å². The molecular formula is C18H27IN4OS. The summed E-state index contributed by atoms with van der Waals surface area (Å²) in [5.41, 5.74) is 3.03. The number of nitrogens with one attached hydrogen (secondary N) is 2. The molecule has 0 aromatic carbocycles. The minimum absolute atomic E-state index is 0. The van der Waals surface area contributed by atoms with Crippen LogP contribution in [0, 0.1) is 13.8 Å². The molecule has 5 nitrogen and oxygen atoms in total. The largest absolute Gasteiger partial charge is 0.496 e. The van der Waals surface area contributed by atoms with E-state index < -0.39 is 0 Å². The fourth-order valence-corrected chi connectivity index (χ4v) is 3.19. The molecule has 2 rings (SSSR count). The molecule has 0 atom stereocenters. The van der Waals surface area contributed by atoms with Crippen molar-refractivity contribution in [2.75, 3.05) is 20.2 Å². The average molecular weight is 474 g/mol. The summed E-state index contributed by atoms with van der Waals surface area (Å²) in [6.07, 6.45) is 2.84. The maximum absolute atomic E-state index is 5.46. The van der Waals surface area contributed by atoms with Gasteiger partial charge in [0.1, 0.15) is 5.75 Å². The fraction of sp³-hybridized carbons (Fsp3) is 0.444. The number of rotatable bonds is 7. The summed E-state index contributed by atoms with van der Waals surface area (Å²) in [6, 6.07) is 4.24. The summed E-state index contributed by atoms with van der Waals surface area (Å²) in [4.78, 5) is 10.5. The number of pyridine rings is 1. The Hall–Kier alpha value is -1.35. The third kappa shape index (κ3) is 6.47. The lowest BCUT2D eigenvalue weighted by molar-refractivity contribution is 0.407. The Morgan fingerprint density at radius 1 is 1.32 bits per heavy atom. The zero-order valence-electron chi connectivity index (χ0n) is 15.3. The quantitative estimate of drug-likeness (QED) is 0.365. The summed E-state index contributed by atoms with van der Waals surface area (Å²) in [5.74, 6) is 1.71. The first-order chi connectivity index (χ1) is 11.7. The molecule has 0 fully saturated rings. The number of aliphatic imine (C=N–C) groups is 1. The van der Waals surface area contributed by atoms with E-state index in [9.17, 15) is 0 Å². The van der Waals surface area contributed by atoms with E-state index in [1.807, 2.05) is 20.0 Å². The first kappa shape index (κ1) is 21.7. The van der Waals surface area contributed by atoms with Gasteiger partial charge in [-0.25, -0.2) is 4.99 Å². The van der Waals surface area contributed by atoms with Gasteiger partial charge in [0.2, 0.25) is 0 Å². The number of hydrogen-bond acceptors (Lipinski definition) is 4. The molecule has 2 aromatic rings. The number of aromatic nitrogens is 1. The van der Waals surface area contributed by atoms with Crippen molar-refractivity contribution in [3.63, 3.8) is 0 Å². The van der Waals surface area contributed by atoms with Crippen LogP contribution in [-0.4, -0.2) is 31.1 Å². The van der Waals surface area contributed by atoms with E-state index in [2.05, 4.69) is 45.0 Å². The first-order valence-electron chi connectivity index (χ1n) is 8.19. The minimum atomic E-state index is 0. The van der Waals surface area contributed by atoms with Crippen molar-refractivity contribution in [3.05, 3.63) is 45.4 Å². The predicted octanol–water partition coefficient (Wildman–Crippen LogP) is 3.68. The predicted molar refractivity (Wildman–Crippen MR) is 117 cm³/mol. The average Bonchev–Trinajstić information content (AvgIpc) is 3.08. The number of ether oxygens (including phenoxy) is 1. The summed E-state index contributed by atoms with van der Waals surface area (Å²) >= 11 is 1.78. The molecule has 0 saturated carbocycles. The fourth-order valence-electron chi connectivity index (χ4n) is 2.49. The second kappa shape index (κ2) is 11.3. The molecule has 7 heteroatoms. The van der Waals surface area contributed by atoms with Gasteiger partial charge < -0.3 is 15.4 Å². The Morgan fingerprint density at radius 2 is 2.12 bits per heavy atom. The highest BCUT2D eigenvalue weighted by Gasteiger charge is 2.09. The lowest BCUT2D eigenvalue weighted by Crippen LogP contribution is -2.38. The summed E-state index contributed by atoms with van der Waals surface area (Å²) in [6.45, 7) is 8.30. The number of nitrogens with zero attached hydrogens (tertiary/aromatic N) is 2. The van der Waals surface area contributed by atoms with Crippen LogP contribution >= 0.6 is 35.3 Å². The van der Waals surface area contributed by atoms with Crippen LogP contribution in [0.3, 0.4) is 0 Å². The molecule has 0 unspecified atom stereocenters. The van der Waals surface area contributed by atoms with Gasteiger partial charge in [-0.2, -0.15) is 0 Å². The summed E-state index contributed by atoms with van der Waals surface area (Å²) in [5, 5.41) is 8.76. The third-order valence-corrected chi connectivity index (χ3v) is 4.66. The molecular weight excluding hydrogens is 447 g/mol. The van der Waals surface area contributed by atoms with Crippen molar-refractivity contribution in [3.8, 4) is 5.75 Å². The van der Waals surface area contributed by atoms with Crippen molar-refractivity contribution in [2.45, 2.75) is 33.7 Å². The van der Waals surface area contributed by atoms with Gasteiger partial charge in [-0.15, -0.1) is 35.3 Å². The summed E-state index contributed by atoms with van der Waals surface area (Å²) < 4.78 is 5.46. The van der Waals surface area contributed by atoms with Crippen molar-refractivity contribution < 1.29 is 4.74 Å². The Labute approximate surface area is 171 Å². The number of halogens is 1. The number of methoxy groups -OCH3 is 1. The minimum Gasteiger partial charge on any atom is -0.496 e. The normalized spacial score (nSPS) is 11.0. The van der Waals surface area contributed by atoms with Crippen LogP contribution in [0.4, 0.5) is 0 Å². The van der Waals surface area contributed by atoms with Crippen molar-refractivity contribution in [2.24, 2.45) is 4.99 Å². The van der Waals surface area contributed by atoms with E-state index >= 15 is 0 Å². The number of guanidine groups is 1. The molecule has 0 spiro atoms. The van der Waals surface area contributed by atoms with Crippen molar-refractivity contribution >= 4 is 41.3 Å². The molecule has 25 heavy (non-hydrogen) atoms. The van der Waals surface area contributed by atoms with Crippen molar-refractivity contribution in [1.82, 2.24) is 15.6 Å². The molecule has 0 amide bonds. The number of hydrogen-bond donors (Lipinski definition) is 2. The molecule has 0 saturated heterocycles. The van der Waals surface area contributed by atoms with Gasteiger partial charge >= 0.3 is 0 Å². The van der Waals surface area contributed by atoms with Gasteiger partial charge in [0, 0.05) is 35.3 Å². The van der Waals surface area contributed by atoms with Gasteiger partial charge in [-0.1, -0.05) is 6.07 Å². The molecule has 0 aliphatic carbocycles. The van der Waals surface area contributed by atoms with Crippen LogP contribution in [0.1, 0.15) is 28.6 Å². The monoisotopic (exact) mass is 474 g/mol. The van der Waals surface area contributed by atoms with Gasteiger partial charge in [0.25, 0.3) is 0 Å². The Bertz CT molecular complexity index is 674. The zero-order valence-corrected chi connectivity index (χ0v) is 18.4. The van der Waals surface area contributed by atoms with Crippen LogP contribution in [0.15, 0.2) is 28.7 Å². The standard InChI is InChI=1S/C18H26N4OS.HI/c1-5-19-18(20-9-8-15-7-6-10-24-15)22-12-16-14(3)17(23-4)13(2)11-21-16;/h6-7,10-11H,5,8-9,12H2,1-4H3,(H2,19,20,22);1H. The van der Waals surface area contributed by atoms with E-state index in [0.29, 0.717) is 6.54 Å². The van der Waals surface area contributed by atoms with Crippen LogP contribution in [0.5, 0.6) is 5.75 Å². The number of thiophene rings is 1. The topological polar surface area (TPSA) is 58.5 Å². The summed E-state index contributed by atoms with van der Waals surface area (Å²) in [7, 11) is 1.69. The van der Waals surface area contributed by atoms with Gasteiger partial charge in [0.05, 0.1) is 19.3 Å². The van der Waals surface area contributed by atoms with Crippen LogP contribution in [0.25, 0.3) is 0 Å². The van der Waals surface area contributed by atoms with Crippen molar-refractivity contribution in [1.29, 1.82) is 0 Å². The molecule has 2 N–H and O–H groups in total. The lowest BCUT2D eigenvalue weighted by atomic mass is 10.1. The third-order valence-electron chi connectivity index (χ3n) is 3.72. The van der Waals surface area contributed by atoms with E-state index in [0.717, 1.165) is 48.0 Å². The van der Waals surface area contributed by atoms with Crippen LogP contribution in [-0.2, 0) is 13.0 Å². The van der Waals surface area contributed by atoms with E-state index in [4.69, 9.17) is 4.74 Å². The smallest absolute Gasteiger partial charge is 0.191 e. The molecule has 0 bridgehead atoms. The van der Waals surface area contributed by atoms with Gasteiger partial charge in [-0.05, 0) is 38.6 Å². The SMILES string of the molecule is CCNC(=NCc1ncc(C)c(OC)c1C)NCCc1cccs1.I. The van der Waals surface area contributed by atoms with E-state index in [1.54, 1.807) is 18.4 Å². The molecule has 2 aromatic heterocycles. The molecule has 0 aliphatic rings. The second-order valence-electron chi connectivity index (χ2n) is 5.50. The Morgan fingerprint density at radius 3 is 2.76 bits per heavy atom. The second-order valence-corrected chi connectivity index (χ2v) is 6.53.